The van der Waals surface area contributed by atoms with Gasteiger partial charge in [0.15, 0.2) is 6.17 Å². The third-order valence-corrected chi connectivity index (χ3v) is 1.27. The summed E-state index contributed by atoms with van der Waals surface area (Å²) in [5.41, 5.74) is 0. The Kier molecular flexibility index (Phi) is 6.22. The maximum absolute atomic E-state index is 12.1. The third kappa shape index (κ3) is 3.81. The number of halogens is 8. The average Bonchev–Trinajstić information content (AvgIpc) is 1.99. The molecule has 0 aliphatic heterocycles. The van der Waals surface area contributed by atoms with E-state index in [1.165, 1.54) is 0 Å². The van der Waals surface area contributed by atoms with Gasteiger partial charge in [-0.1, -0.05) is 0 Å². The van der Waals surface area contributed by atoms with Crippen molar-refractivity contribution >= 4 is 0 Å². The van der Waals surface area contributed by atoms with Crippen LogP contribution in [0.15, 0.2) is 0 Å². The van der Waals surface area contributed by atoms with Crippen LogP contribution in [0.1, 0.15) is 1.43 Å². The van der Waals surface area contributed by atoms with Crippen LogP contribution in [0.25, 0.3) is 0 Å². The molecule has 15 heavy (non-hydrogen) atoms. The molecule has 2 atom stereocenters. The van der Waals surface area contributed by atoms with E-state index in [0.717, 1.165) is 0 Å². The zero-order valence-corrected chi connectivity index (χ0v) is 7.20. The van der Waals surface area contributed by atoms with Crippen LogP contribution in [0.4, 0.5) is 35.1 Å². The molecule has 0 heterocycles. The predicted octanol–water partition coefficient (Wildman–Crippen LogP) is -0.735. The molecule has 1 nitrogen and oxygen atoms in total. The summed E-state index contributed by atoms with van der Waals surface area (Å²) in [6.07, 6.45) is -18.7. The first kappa shape index (κ1) is 17.4. The molecule has 88 valence electrons. The Bertz CT molecular complexity index is 197. The quantitative estimate of drug-likeness (QED) is 0.507. The molecule has 0 fully saturated rings. The average molecular weight is 240 g/mol. The number of rotatable bonds is 4. The van der Waals surface area contributed by atoms with Crippen molar-refractivity contribution in [3.63, 3.8) is 0 Å². The number of hydrogen-bond donors (Lipinski definition) is 1. The van der Waals surface area contributed by atoms with Gasteiger partial charge in [-0.05, 0) is 0 Å². The number of alkyl halides is 8. The zero-order valence-electron chi connectivity index (χ0n) is 8.20. The van der Waals surface area contributed by atoms with Crippen LogP contribution in [-0.2, 0) is 0 Å². The second-order valence-electron chi connectivity index (χ2n) is 2.34. The van der Waals surface area contributed by atoms with Gasteiger partial charge in [0.2, 0.25) is 6.17 Å². The van der Waals surface area contributed by atoms with E-state index < -0.39 is 30.8 Å². The van der Waals surface area contributed by atoms with Crippen molar-refractivity contribution in [2.75, 3.05) is 0 Å². The van der Waals surface area contributed by atoms with Gasteiger partial charge in [0.25, 0.3) is 6.43 Å². The monoisotopic (exact) mass is 240 g/mol. The van der Waals surface area contributed by atoms with E-state index in [1.54, 1.807) is 0 Å². The van der Waals surface area contributed by atoms with Gasteiger partial charge in [0.05, 0.1) is 0 Å². The van der Waals surface area contributed by atoms with Gasteiger partial charge in [0, 0.05) is 0 Å². The number of hydrogen-bond acceptors (Lipinski definition) is 1. The molecule has 0 aliphatic carbocycles. The van der Waals surface area contributed by atoms with E-state index in [-0.39, 0.29) is 20.3 Å². The molecule has 0 aromatic rings. The first-order chi connectivity index (χ1) is 6.01. The first-order valence-corrected chi connectivity index (χ1v) is 3.06. The van der Waals surface area contributed by atoms with Gasteiger partial charge in [0.1, 0.15) is 0 Å². The van der Waals surface area contributed by atoms with E-state index in [4.69, 9.17) is 5.11 Å². The SMILES string of the molecule is OC(F)(F)C(F)(F)C(F)C(F)C(F)F.[H-].[Li+]. The molecule has 0 bridgehead atoms. The molecule has 0 radical (unpaired) electrons. The van der Waals surface area contributed by atoms with Crippen molar-refractivity contribution in [3.05, 3.63) is 0 Å². The molecule has 0 spiro atoms. The van der Waals surface area contributed by atoms with Crippen molar-refractivity contribution in [1.29, 1.82) is 0 Å². The molecule has 0 rings (SSSR count). The summed E-state index contributed by atoms with van der Waals surface area (Å²) >= 11 is 0. The summed E-state index contributed by atoms with van der Waals surface area (Å²) in [4.78, 5) is 0. The van der Waals surface area contributed by atoms with Gasteiger partial charge in [-0.15, -0.1) is 0 Å². The largest absolute Gasteiger partial charge is 1.00 e. The second kappa shape index (κ2) is 5.36. The Morgan fingerprint density at radius 1 is 0.933 bits per heavy atom. The van der Waals surface area contributed by atoms with Gasteiger partial charge in [-0.3, -0.25) is 0 Å². The van der Waals surface area contributed by atoms with Gasteiger partial charge >= 0.3 is 30.9 Å². The van der Waals surface area contributed by atoms with E-state index >= 15 is 0 Å². The van der Waals surface area contributed by atoms with Crippen LogP contribution in [0.2, 0.25) is 0 Å². The maximum Gasteiger partial charge on any atom is 1.00 e. The number of aliphatic hydroxyl groups is 1. The fraction of sp³-hybridized carbons (Fsp3) is 1.00. The van der Waals surface area contributed by atoms with E-state index in [2.05, 4.69) is 0 Å². The Balaban J connectivity index is -0.000000845. The van der Waals surface area contributed by atoms with E-state index in [0.29, 0.717) is 0 Å². The molecular weight excluding hydrogens is 235 g/mol. The van der Waals surface area contributed by atoms with E-state index in [9.17, 15) is 35.1 Å². The third-order valence-electron chi connectivity index (χ3n) is 1.27. The Morgan fingerprint density at radius 3 is 1.47 bits per heavy atom. The van der Waals surface area contributed by atoms with Crippen molar-refractivity contribution in [3.8, 4) is 0 Å². The second-order valence-corrected chi connectivity index (χ2v) is 2.34. The first-order valence-electron chi connectivity index (χ1n) is 3.06. The van der Waals surface area contributed by atoms with Crippen LogP contribution in [0.5, 0.6) is 0 Å². The normalized spacial score (nSPS) is 17.2. The summed E-state index contributed by atoms with van der Waals surface area (Å²) < 4.78 is 93.6. The molecule has 10 heteroatoms. The minimum atomic E-state index is -5.90. The standard InChI is InChI=1S/C5H4F8O.Li.H/c6-1(3(8)9)2(7)4(10,11)5(12,13)14;;/h1-3,14H;;/q;+1;-1. The minimum Gasteiger partial charge on any atom is -1.00 e. The Labute approximate surface area is 92.1 Å². The van der Waals surface area contributed by atoms with Crippen molar-refractivity contribution in [2.45, 2.75) is 30.8 Å². The molecule has 0 aromatic carbocycles. The molecule has 0 saturated heterocycles. The van der Waals surface area contributed by atoms with Gasteiger partial charge in [-0.25, -0.2) is 17.6 Å². The smallest absolute Gasteiger partial charge is 1.00 e. The zero-order chi connectivity index (χ0) is 11.7. The molecule has 0 aromatic heterocycles. The molecule has 1 N–H and O–H groups in total. The van der Waals surface area contributed by atoms with E-state index in [1.807, 2.05) is 0 Å². The fourth-order valence-corrected chi connectivity index (χ4v) is 0.494. The van der Waals surface area contributed by atoms with Gasteiger partial charge in [-0.2, -0.15) is 17.6 Å². The predicted molar refractivity (Wildman–Crippen MR) is 29.0 cm³/mol. The van der Waals surface area contributed by atoms with Crippen molar-refractivity contribution in [1.82, 2.24) is 0 Å². The minimum absolute atomic E-state index is 0. The molecule has 0 amide bonds. The molecule has 0 aliphatic rings. The maximum atomic E-state index is 12.1. The fourth-order valence-electron chi connectivity index (χ4n) is 0.494. The van der Waals surface area contributed by atoms with Crippen LogP contribution in [-0.4, -0.2) is 35.9 Å². The Morgan fingerprint density at radius 2 is 1.27 bits per heavy atom. The summed E-state index contributed by atoms with van der Waals surface area (Å²) in [6.45, 7) is 0. The summed E-state index contributed by atoms with van der Waals surface area (Å²) in [7, 11) is 0. The molecule has 2 unspecified atom stereocenters. The van der Waals surface area contributed by atoms with Crippen LogP contribution in [0, 0.1) is 0 Å². The van der Waals surface area contributed by atoms with Crippen molar-refractivity contribution < 1.29 is 60.5 Å². The molecular formula is C5H5F8LiO. The topological polar surface area (TPSA) is 20.2 Å². The van der Waals surface area contributed by atoms with Crippen LogP contribution < -0.4 is 18.9 Å². The van der Waals surface area contributed by atoms with Crippen LogP contribution in [0.3, 0.4) is 0 Å². The summed E-state index contributed by atoms with van der Waals surface area (Å²) in [5.74, 6) is -5.90. The summed E-state index contributed by atoms with van der Waals surface area (Å²) in [6, 6.07) is 0. The molecule has 0 saturated carbocycles. The summed E-state index contributed by atoms with van der Waals surface area (Å²) in [5, 5.41) is 7.41. The van der Waals surface area contributed by atoms with Crippen molar-refractivity contribution in [2.24, 2.45) is 0 Å². The van der Waals surface area contributed by atoms with Gasteiger partial charge < -0.3 is 6.53 Å². The van der Waals surface area contributed by atoms with Crippen LogP contribution >= 0.6 is 0 Å². The Hall–Kier alpha value is -0.00260.